The van der Waals surface area contributed by atoms with E-state index in [1.165, 1.54) is 23.1 Å². The first-order valence-electron chi connectivity index (χ1n) is 5.14. The molecule has 0 aromatic carbocycles. The minimum atomic E-state index is -3.70. The van der Waals surface area contributed by atoms with Gasteiger partial charge in [-0.3, -0.25) is 9.71 Å². The van der Waals surface area contributed by atoms with Crippen LogP contribution in [0.3, 0.4) is 0 Å². The predicted octanol–water partition coefficient (Wildman–Crippen LogP) is 0.507. The van der Waals surface area contributed by atoms with E-state index in [-0.39, 0.29) is 10.7 Å². The summed E-state index contributed by atoms with van der Waals surface area (Å²) in [5.41, 5.74) is 6.64. The molecule has 8 heteroatoms. The van der Waals surface area contributed by atoms with Crippen molar-refractivity contribution >= 4 is 21.5 Å². The summed E-state index contributed by atoms with van der Waals surface area (Å²) in [6.45, 7) is 1.71. The van der Waals surface area contributed by atoms with Crippen molar-refractivity contribution in [3.05, 3.63) is 30.2 Å². The fraction of sp³-hybridized carbons (Fsp3) is 0.200. The average Bonchev–Trinajstić information content (AvgIpc) is 2.57. The van der Waals surface area contributed by atoms with Crippen LogP contribution < -0.4 is 10.5 Å². The van der Waals surface area contributed by atoms with Gasteiger partial charge in [0.05, 0.1) is 11.4 Å². The van der Waals surface area contributed by atoms with E-state index in [1.54, 1.807) is 20.0 Å². The number of hydrogen-bond donors (Lipinski definition) is 2. The molecule has 3 N–H and O–H groups in total. The van der Waals surface area contributed by atoms with Gasteiger partial charge in [-0.1, -0.05) is 0 Å². The third-order valence-corrected chi connectivity index (χ3v) is 3.77. The SMILES string of the molecule is Cc1nn(C)c(NS(=O)(=O)c2cccnc2)c1N. The van der Waals surface area contributed by atoms with Crippen LogP contribution in [0, 0.1) is 6.92 Å². The zero-order chi connectivity index (χ0) is 13.3. The lowest BCUT2D eigenvalue weighted by molar-refractivity contribution is 0.600. The number of nitrogens with two attached hydrogens (primary N) is 1. The highest BCUT2D eigenvalue weighted by Crippen LogP contribution is 2.23. The zero-order valence-electron chi connectivity index (χ0n) is 9.95. The van der Waals surface area contributed by atoms with Gasteiger partial charge >= 0.3 is 0 Å². The van der Waals surface area contributed by atoms with Crippen molar-refractivity contribution in [2.45, 2.75) is 11.8 Å². The molecule has 0 spiro atoms. The third kappa shape index (κ3) is 2.14. The molecule has 7 nitrogen and oxygen atoms in total. The molecule has 0 aliphatic heterocycles. The quantitative estimate of drug-likeness (QED) is 0.843. The topological polar surface area (TPSA) is 103 Å². The highest BCUT2D eigenvalue weighted by atomic mass is 32.2. The van der Waals surface area contributed by atoms with E-state index in [4.69, 9.17) is 5.73 Å². The van der Waals surface area contributed by atoms with Crippen LogP contribution in [0.25, 0.3) is 0 Å². The molecule has 0 saturated heterocycles. The van der Waals surface area contributed by atoms with Crippen LogP contribution in [-0.2, 0) is 17.1 Å². The Morgan fingerprint density at radius 1 is 1.44 bits per heavy atom. The summed E-state index contributed by atoms with van der Waals surface area (Å²) >= 11 is 0. The highest BCUT2D eigenvalue weighted by molar-refractivity contribution is 7.92. The van der Waals surface area contributed by atoms with Gasteiger partial charge in [-0.25, -0.2) is 13.1 Å². The predicted molar refractivity (Wildman–Crippen MR) is 67.4 cm³/mol. The molecule has 0 fully saturated rings. The molecule has 18 heavy (non-hydrogen) atoms. The Morgan fingerprint density at radius 2 is 2.17 bits per heavy atom. The number of aryl methyl sites for hydroxylation is 2. The Bertz CT molecular complexity index is 663. The van der Waals surface area contributed by atoms with Crippen LogP contribution in [0.15, 0.2) is 29.4 Å². The maximum Gasteiger partial charge on any atom is 0.264 e. The number of sulfonamides is 1. The summed E-state index contributed by atoms with van der Waals surface area (Å²) in [7, 11) is -2.08. The van der Waals surface area contributed by atoms with Crippen LogP contribution in [-0.4, -0.2) is 23.2 Å². The second kappa shape index (κ2) is 4.30. The standard InChI is InChI=1S/C10H13N5O2S/c1-7-9(11)10(15(2)13-7)14-18(16,17)8-4-3-5-12-6-8/h3-6,14H,11H2,1-2H3. The van der Waals surface area contributed by atoms with E-state index >= 15 is 0 Å². The highest BCUT2D eigenvalue weighted by Gasteiger charge is 2.19. The third-order valence-electron chi connectivity index (χ3n) is 2.44. The van der Waals surface area contributed by atoms with Gasteiger partial charge in [-0.15, -0.1) is 0 Å². The molecule has 0 radical (unpaired) electrons. The van der Waals surface area contributed by atoms with Gasteiger partial charge in [0.25, 0.3) is 10.0 Å². The Morgan fingerprint density at radius 3 is 2.67 bits per heavy atom. The molecule has 96 valence electrons. The van der Waals surface area contributed by atoms with Gasteiger partial charge in [-0.2, -0.15) is 5.10 Å². The van der Waals surface area contributed by atoms with Crippen molar-refractivity contribution in [1.29, 1.82) is 0 Å². The van der Waals surface area contributed by atoms with Crippen LogP contribution in [0.1, 0.15) is 5.69 Å². The first kappa shape index (κ1) is 12.4. The summed E-state index contributed by atoms with van der Waals surface area (Å²) < 4.78 is 27.9. The second-order valence-corrected chi connectivity index (χ2v) is 5.45. The molecule has 0 amide bonds. The van der Waals surface area contributed by atoms with Crippen molar-refractivity contribution in [3.63, 3.8) is 0 Å². The summed E-state index contributed by atoms with van der Waals surface area (Å²) in [4.78, 5) is 3.84. The normalized spacial score (nSPS) is 11.4. The smallest absolute Gasteiger partial charge is 0.264 e. The summed E-state index contributed by atoms with van der Waals surface area (Å²) in [5, 5.41) is 4.04. The minimum absolute atomic E-state index is 0.0725. The van der Waals surface area contributed by atoms with Crippen LogP contribution >= 0.6 is 0 Å². The molecule has 2 aromatic rings. The van der Waals surface area contributed by atoms with Crippen molar-refractivity contribution < 1.29 is 8.42 Å². The molecule has 0 bridgehead atoms. The summed E-state index contributed by atoms with van der Waals surface area (Å²) in [6.07, 6.45) is 2.77. The maximum atomic E-state index is 12.1. The molecular formula is C10H13N5O2S. The minimum Gasteiger partial charge on any atom is -0.394 e. The van der Waals surface area contributed by atoms with Crippen LogP contribution in [0.5, 0.6) is 0 Å². The van der Waals surface area contributed by atoms with E-state index in [2.05, 4.69) is 14.8 Å². The molecule has 2 aromatic heterocycles. The lowest BCUT2D eigenvalue weighted by Gasteiger charge is -2.08. The number of nitrogens with one attached hydrogen (secondary N) is 1. The number of anilines is 2. The fourth-order valence-corrected chi connectivity index (χ4v) is 2.56. The number of pyridine rings is 1. The van der Waals surface area contributed by atoms with Crippen LogP contribution in [0.2, 0.25) is 0 Å². The number of nitrogen functional groups attached to an aromatic ring is 1. The first-order chi connectivity index (χ1) is 8.42. The number of aromatic nitrogens is 3. The molecule has 0 saturated carbocycles. The Hall–Kier alpha value is -2.09. The molecule has 0 atom stereocenters. The maximum absolute atomic E-state index is 12.1. The number of hydrogen-bond acceptors (Lipinski definition) is 5. The Kier molecular flexibility index (Phi) is 2.95. The van der Waals surface area contributed by atoms with Gasteiger partial charge in [0.2, 0.25) is 0 Å². The van der Waals surface area contributed by atoms with Gasteiger partial charge in [0.1, 0.15) is 4.90 Å². The Balaban J connectivity index is 2.40. The van der Waals surface area contributed by atoms with Gasteiger partial charge in [0.15, 0.2) is 5.82 Å². The number of rotatable bonds is 3. The molecule has 0 aliphatic carbocycles. The van der Waals surface area contributed by atoms with Crippen molar-refractivity contribution in [1.82, 2.24) is 14.8 Å². The summed E-state index contributed by atoms with van der Waals surface area (Å²) in [6, 6.07) is 3.00. The van der Waals surface area contributed by atoms with Crippen molar-refractivity contribution in [2.75, 3.05) is 10.5 Å². The molecule has 2 rings (SSSR count). The van der Waals surface area contributed by atoms with Crippen molar-refractivity contribution in [3.8, 4) is 0 Å². The zero-order valence-corrected chi connectivity index (χ0v) is 10.8. The largest absolute Gasteiger partial charge is 0.394 e. The molecule has 0 aliphatic rings. The molecule has 2 heterocycles. The molecular weight excluding hydrogens is 254 g/mol. The van der Waals surface area contributed by atoms with Crippen molar-refractivity contribution in [2.24, 2.45) is 7.05 Å². The monoisotopic (exact) mass is 267 g/mol. The number of nitrogens with zero attached hydrogens (tertiary/aromatic N) is 3. The van der Waals surface area contributed by atoms with Gasteiger partial charge < -0.3 is 5.73 Å². The average molecular weight is 267 g/mol. The lowest BCUT2D eigenvalue weighted by atomic mass is 10.4. The lowest BCUT2D eigenvalue weighted by Crippen LogP contribution is -2.16. The van der Waals surface area contributed by atoms with E-state index in [0.717, 1.165) is 0 Å². The van der Waals surface area contributed by atoms with E-state index in [0.29, 0.717) is 11.4 Å². The van der Waals surface area contributed by atoms with E-state index < -0.39 is 10.0 Å². The van der Waals surface area contributed by atoms with Crippen LogP contribution in [0.4, 0.5) is 11.5 Å². The first-order valence-corrected chi connectivity index (χ1v) is 6.62. The van der Waals surface area contributed by atoms with E-state index in [1.807, 2.05) is 0 Å². The molecule has 0 unspecified atom stereocenters. The fourth-order valence-electron chi connectivity index (χ4n) is 1.49. The van der Waals surface area contributed by atoms with Gasteiger partial charge in [0, 0.05) is 19.4 Å². The Labute approximate surface area is 105 Å². The van der Waals surface area contributed by atoms with Gasteiger partial charge in [-0.05, 0) is 19.1 Å². The summed E-state index contributed by atoms with van der Waals surface area (Å²) in [5.74, 6) is 0.247. The van der Waals surface area contributed by atoms with E-state index in [9.17, 15) is 8.42 Å². The second-order valence-electron chi connectivity index (χ2n) is 3.77.